The largest absolute Gasteiger partial charge is 0.495 e. The van der Waals surface area contributed by atoms with E-state index in [1.807, 2.05) is 19.2 Å². The predicted octanol–water partition coefficient (Wildman–Crippen LogP) is 2.67. The molecule has 2 aromatic heterocycles. The van der Waals surface area contributed by atoms with Gasteiger partial charge in [0.2, 0.25) is 0 Å². The van der Waals surface area contributed by atoms with Gasteiger partial charge < -0.3 is 15.4 Å². The number of rotatable bonds is 6. The first-order chi connectivity index (χ1) is 10.6. The smallest absolute Gasteiger partial charge is 0.315 e. The van der Waals surface area contributed by atoms with Crippen LogP contribution in [0, 0.1) is 0 Å². The summed E-state index contributed by atoms with van der Waals surface area (Å²) >= 11 is 1.61. The van der Waals surface area contributed by atoms with Crippen molar-refractivity contribution in [2.75, 3.05) is 7.11 Å². The Bertz CT molecular complexity index is 630. The fourth-order valence-corrected chi connectivity index (χ4v) is 2.80. The van der Waals surface area contributed by atoms with Gasteiger partial charge in [-0.15, -0.1) is 11.3 Å². The van der Waals surface area contributed by atoms with Crippen molar-refractivity contribution in [2.45, 2.75) is 32.9 Å². The summed E-state index contributed by atoms with van der Waals surface area (Å²) in [4.78, 5) is 21.5. The van der Waals surface area contributed by atoms with Gasteiger partial charge in [0.25, 0.3) is 0 Å². The third kappa shape index (κ3) is 4.17. The molecule has 0 radical (unpaired) electrons. The number of carbonyl (C=O) groups excluding carboxylic acids is 1. The molecule has 0 bridgehead atoms. The van der Waals surface area contributed by atoms with Crippen LogP contribution in [0.3, 0.4) is 0 Å². The monoisotopic (exact) mass is 320 g/mol. The minimum atomic E-state index is -0.236. The third-order valence-corrected chi connectivity index (χ3v) is 4.34. The molecule has 0 fully saturated rings. The molecule has 7 heteroatoms. The lowest BCUT2D eigenvalue weighted by Gasteiger charge is -2.17. The maximum absolute atomic E-state index is 12.0. The third-order valence-electron chi connectivity index (χ3n) is 3.20. The number of carbonyl (C=O) groups is 1. The van der Waals surface area contributed by atoms with E-state index in [1.54, 1.807) is 30.8 Å². The van der Waals surface area contributed by atoms with Gasteiger partial charge in [0, 0.05) is 22.8 Å². The number of ether oxygens (including phenoxy) is 1. The highest BCUT2D eigenvalue weighted by atomic mass is 32.1. The van der Waals surface area contributed by atoms with E-state index in [0.717, 1.165) is 17.0 Å². The van der Waals surface area contributed by atoms with Gasteiger partial charge in [0.15, 0.2) is 0 Å². The number of nitrogens with zero attached hydrogens (tertiary/aromatic N) is 2. The molecule has 2 aromatic rings. The molecule has 0 unspecified atom stereocenters. The van der Waals surface area contributed by atoms with Crippen LogP contribution in [-0.4, -0.2) is 23.1 Å². The van der Waals surface area contributed by atoms with E-state index in [4.69, 9.17) is 4.74 Å². The highest BCUT2D eigenvalue weighted by Gasteiger charge is 2.14. The number of methoxy groups -OCH3 is 1. The molecule has 0 aliphatic carbocycles. The number of amides is 2. The topological polar surface area (TPSA) is 76.1 Å². The van der Waals surface area contributed by atoms with Crippen LogP contribution in [0.15, 0.2) is 24.7 Å². The van der Waals surface area contributed by atoms with Gasteiger partial charge in [0.1, 0.15) is 10.8 Å². The van der Waals surface area contributed by atoms with Crippen molar-refractivity contribution in [3.8, 4) is 5.75 Å². The second-order valence-corrected chi connectivity index (χ2v) is 5.94. The zero-order valence-corrected chi connectivity index (χ0v) is 13.7. The molecule has 6 nitrogen and oxygen atoms in total. The summed E-state index contributed by atoms with van der Waals surface area (Å²) in [6.45, 7) is 4.41. The predicted molar refractivity (Wildman–Crippen MR) is 86.1 cm³/mol. The van der Waals surface area contributed by atoms with Crippen LogP contribution < -0.4 is 15.4 Å². The molecule has 0 saturated heterocycles. The lowest BCUT2D eigenvalue weighted by Crippen LogP contribution is -2.36. The number of aromatic nitrogens is 2. The quantitative estimate of drug-likeness (QED) is 0.858. The number of nitrogens with one attached hydrogen (secondary N) is 2. The number of thiazole rings is 1. The molecule has 2 N–H and O–H groups in total. The van der Waals surface area contributed by atoms with Crippen LogP contribution >= 0.6 is 11.3 Å². The summed E-state index contributed by atoms with van der Waals surface area (Å²) in [6.07, 6.45) is 6.12. The van der Waals surface area contributed by atoms with Crippen LogP contribution in [0.4, 0.5) is 4.79 Å². The van der Waals surface area contributed by atoms with Crippen molar-refractivity contribution in [3.05, 3.63) is 40.1 Å². The van der Waals surface area contributed by atoms with Gasteiger partial charge in [-0.05, 0) is 19.4 Å². The highest BCUT2D eigenvalue weighted by molar-refractivity contribution is 7.11. The van der Waals surface area contributed by atoms with Crippen molar-refractivity contribution in [3.63, 3.8) is 0 Å². The van der Waals surface area contributed by atoms with E-state index in [2.05, 4.69) is 27.5 Å². The second-order valence-electron chi connectivity index (χ2n) is 4.74. The van der Waals surface area contributed by atoms with E-state index in [1.165, 1.54) is 4.88 Å². The summed E-state index contributed by atoms with van der Waals surface area (Å²) in [6, 6.07) is 1.41. The molecule has 22 heavy (non-hydrogen) atoms. The van der Waals surface area contributed by atoms with Crippen LogP contribution in [0.25, 0.3) is 0 Å². The first-order valence-electron chi connectivity index (χ1n) is 7.09. The first-order valence-corrected chi connectivity index (χ1v) is 7.91. The van der Waals surface area contributed by atoms with E-state index in [9.17, 15) is 4.79 Å². The molecular weight excluding hydrogens is 300 g/mol. The van der Waals surface area contributed by atoms with Gasteiger partial charge in [-0.3, -0.25) is 4.98 Å². The number of hydrogen-bond donors (Lipinski definition) is 2. The Kier molecular flexibility index (Phi) is 5.71. The molecule has 0 saturated carbocycles. The molecule has 2 heterocycles. The molecule has 0 aliphatic rings. The number of urea groups is 1. The molecule has 2 amide bonds. The fraction of sp³-hybridized carbons (Fsp3) is 0.400. The van der Waals surface area contributed by atoms with Crippen molar-refractivity contribution in [2.24, 2.45) is 0 Å². The summed E-state index contributed by atoms with van der Waals surface area (Å²) in [5.74, 6) is 0.655. The Morgan fingerprint density at radius 2 is 2.27 bits per heavy atom. The molecule has 2 rings (SSSR count). The Morgan fingerprint density at radius 1 is 1.45 bits per heavy atom. The molecular formula is C15H20N4O2S. The van der Waals surface area contributed by atoms with E-state index < -0.39 is 0 Å². The molecule has 118 valence electrons. The number of aryl methyl sites for hydroxylation is 1. The lowest BCUT2D eigenvalue weighted by atomic mass is 10.1. The van der Waals surface area contributed by atoms with Crippen molar-refractivity contribution in [1.82, 2.24) is 20.6 Å². The minimum Gasteiger partial charge on any atom is -0.495 e. The van der Waals surface area contributed by atoms with Crippen LogP contribution in [0.1, 0.15) is 35.3 Å². The Balaban J connectivity index is 1.88. The summed E-state index contributed by atoms with van der Waals surface area (Å²) in [7, 11) is 1.58. The van der Waals surface area contributed by atoms with Gasteiger partial charge in [-0.25, -0.2) is 9.78 Å². The van der Waals surface area contributed by atoms with E-state index >= 15 is 0 Å². The average molecular weight is 320 g/mol. The fourth-order valence-electron chi connectivity index (χ4n) is 1.99. The molecule has 0 aliphatic heterocycles. The second kappa shape index (κ2) is 7.74. The summed E-state index contributed by atoms with van der Waals surface area (Å²) in [5.41, 5.74) is 0.884. The van der Waals surface area contributed by atoms with Gasteiger partial charge in [-0.2, -0.15) is 0 Å². The van der Waals surface area contributed by atoms with Crippen molar-refractivity contribution >= 4 is 17.4 Å². The average Bonchev–Trinajstić information content (AvgIpc) is 3.01. The van der Waals surface area contributed by atoms with Gasteiger partial charge >= 0.3 is 6.03 Å². The maximum Gasteiger partial charge on any atom is 0.315 e. The lowest BCUT2D eigenvalue weighted by molar-refractivity contribution is 0.237. The van der Waals surface area contributed by atoms with Crippen LogP contribution in [0.2, 0.25) is 0 Å². The van der Waals surface area contributed by atoms with E-state index in [-0.39, 0.29) is 12.1 Å². The zero-order valence-electron chi connectivity index (χ0n) is 12.9. The Hall–Kier alpha value is -2.15. The zero-order chi connectivity index (χ0) is 15.9. The Labute approximate surface area is 133 Å². The van der Waals surface area contributed by atoms with Gasteiger partial charge in [0.05, 0.1) is 25.9 Å². The standard InChI is InChI=1S/C15H20N4O2S/c1-4-11-7-17-14(22-11)9-18-15(20)19-10(2)12-5-6-16-8-13(12)21-3/h5-8,10H,4,9H2,1-3H3,(H2,18,19,20)/t10-/m0/s1. The van der Waals surface area contributed by atoms with Crippen molar-refractivity contribution < 1.29 is 9.53 Å². The van der Waals surface area contributed by atoms with Crippen molar-refractivity contribution in [1.29, 1.82) is 0 Å². The highest BCUT2D eigenvalue weighted by Crippen LogP contribution is 2.23. The number of hydrogen-bond acceptors (Lipinski definition) is 5. The first kappa shape index (κ1) is 16.2. The Morgan fingerprint density at radius 3 is 2.95 bits per heavy atom. The normalized spacial score (nSPS) is 11.8. The maximum atomic E-state index is 12.0. The number of pyridine rings is 1. The SMILES string of the molecule is CCc1cnc(CNC(=O)N[C@@H](C)c2ccncc2OC)s1. The molecule has 0 spiro atoms. The molecule has 1 atom stereocenters. The molecule has 0 aromatic carbocycles. The van der Waals surface area contributed by atoms with Crippen LogP contribution in [0.5, 0.6) is 5.75 Å². The minimum absolute atomic E-state index is 0.180. The van der Waals surface area contributed by atoms with Crippen LogP contribution in [-0.2, 0) is 13.0 Å². The summed E-state index contributed by atoms with van der Waals surface area (Å²) < 4.78 is 5.25. The van der Waals surface area contributed by atoms with E-state index in [0.29, 0.717) is 12.3 Å². The summed E-state index contributed by atoms with van der Waals surface area (Å²) in [5, 5.41) is 6.60. The van der Waals surface area contributed by atoms with Gasteiger partial charge in [-0.1, -0.05) is 6.92 Å².